The second kappa shape index (κ2) is 11.2. The highest BCUT2D eigenvalue weighted by molar-refractivity contribution is 5.68. The van der Waals surface area contributed by atoms with Gasteiger partial charge < -0.3 is 19.5 Å². The molecular weight excluding hydrogens is 330 g/mol. The summed E-state index contributed by atoms with van der Waals surface area (Å²) in [4.78, 5) is 14.4. The maximum Gasteiger partial charge on any atom is 0.410 e. The average Bonchev–Trinajstić information content (AvgIpc) is 2.55. The van der Waals surface area contributed by atoms with Crippen molar-refractivity contribution in [1.29, 1.82) is 0 Å². The molecule has 0 fully saturated rings. The van der Waals surface area contributed by atoms with E-state index in [1.165, 1.54) is 0 Å². The highest BCUT2D eigenvalue weighted by Crippen LogP contribution is 2.16. The summed E-state index contributed by atoms with van der Waals surface area (Å²) in [5.74, 6) is 0.473. The van der Waals surface area contributed by atoms with E-state index in [-0.39, 0.29) is 12.7 Å². The molecule has 1 amide bonds. The van der Waals surface area contributed by atoms with Crippen LogP contribution in [0.4, 0.5) is 4.79 Å². The van der Waals surface area contributed by atoms with Crippen molar-refractivity contribution >= 4 is 6.09 Å². The lowest BCUT2D eigenvalue weighted by molar-refractivity contribution is 0.0222. The van der Waals surface area contributed by atoms with Gasteiger partial charge in [-0.25, -0.2) is 4.79 Å². The lowest BCUT2D eigenvalue weighted by atomic mass is 10.0. The molecule has 0 heterocycles. The van der Waals surface area contributed by atoms with Crippen molar-refractivity contribution < 1.29 is 19.4 Å². The first-order valence-corrected chi connectivity index (χ1v) is 9.40. The van der Waals surface area contributed by atoms with E-state index in [1.54, 1.807) is 12.0 Å². The van der Waals surface area contributed by atoms with Gasteiger partial charge in [0.15, 0.2) is 0 Å². The number of ether oxygens (including phenoxy) is 2. The van der Waals surface area contributed by atoms with Crippen LogP contribution in [0, 0.1) is 5.92 Å². The summed E-state index contributed by atoms with van der Waals surface area (Å²) in [7, 11) is 1.71. The number of hydrogen-bond acceptors (Lipinski definition) is 4. The number of aliphatic hydroxyl groups excluding tert-OH is 1. The smallest absolute Gasteiger partial charge is 0.410 e. The molecule has 1 rings (SSSR count). The number of carbonyl (C=O) groups excluding carboxylic acids is 1. The fraction of sp³-hybridized carbons (Fsp3) is 0.667. The van der Waals surface area contributed by atoms with E-state index in [0.29, 0.717) is 25.4 Å². The summed E-state index contributed by atoms with van der Waals surface area (Å²) < 4.78 is 10.7. The Labute approximate surface area is 158 Å². The van der Waals surface area contributed by atoms with E-state index >= 15 is 0 Å². The first kappa shape index (κ1) is 22.5. The molecule has 0 radical (unpaired) electrons. The zero-order valence-electron chi connectivity index (χ0n) is 17.0. The van der Waals surface area contributed by atoms with Crippen molar-refractivity contribution in [2.45, 2.75) is 59.1 Å². The monoisotopic (exact) mass is 365 g/mol. The van der Waals surface area contributed by atoms with Gasteiger partial charge in [0.25, 0.3) is 0 Å². The number of benzene rings is 1. The van der Waals surface area contributed by atoms with Crippen molar-refractivity contribution in [3.63, 3.8) is 0 Å². The standard InChI is InChI=1S/C21H35NO4/c1-17(11-14-25-5)9-12-22(20(24)26-21(2,3)4)16-19-8-6-7-18(15-19)10-13-23/h6-8,15,17,23H,9-14,16H2,1-5H3. The van der Waals surface area contributed by atoms with Crippen LogP contribution >= 0.6 is 0 Å². The van der Waals surface area contributed by atoms with E-state index < -0.39 is 5.60 Å². The number of carbonyl (C=O) groups is 1. The molecule has 1 aromatic rings. The number of rotatable bonds is 10. The zero-order valence-corrected chi connectivity index (χ0v) is 17.0. The van der Waals surface area contributed by atoms with Crippen LogP contribution in [0.1, 0.15) is 51.7 Å². The molecule has 0 saturated heterocycles. The summed E-state index contributed by atoms with van der Waals surface area (Å²) in [5, 5.41) is 9.13. The zero-order chi connectivity index (χ0) is 19.6. The predicted octanol–water partition coefficient (Wildman–Crippen LogP) is 4.02. The molecule has 0 aromatic heterocycles. The first-order valence-electron chi connectivity index (χ1n) is 9.40. The minimum atomic E-state index is -0.518. The second-order valence-corrected chi connectivity index (χ2v) is 7.87. The molecule has 0 aliphatic carbocycles. The first-order chi connectivity index (χ1) is 12.2. The van der Waals surface area contributed by atoms with Crippen LogP contribution in [0.25, 0.3) is 0 Å². The summed E-state index contributed by atoms with van der Waals surface area (Å²) in [6.45, 7) is 9.82. The molecule has 5 heteroatoms. The van der Waals surface area contributed by atoms with Gasteiger partial charge in [-0.1, -0.05) is 31.2 Å². The maximum atomic E-state index is 12.6. The predicted molar refractivity (Wildman–Crippen MR) is 104 cm³/mol. The van der Waals surface area contributed by atoms with Crippen LogP contribution in [-0.4, -0.2) is 48.6 Å². The Morgan fingerprint density at radius 1 is 1.23 bits per heavy atom. The molecular formula is C21H35NO4. The molecule has 0 aliphatic heterocycles. The summed E-state index contributed by atoms with van der Waals surface area (Å²) in [6.07, 6.45) is 2.21. The van der Waals surface area contributed by atoms with Gasteiger partial charge in [0.2, 0.25) is 0 Å². The SMILES string of the molecule is COCCC(C)CCN(Cc1cccc(CCO)c1)C(=O)OC(C)(C)C. The third-order valence-corrected chi connectivity index (χ3v) is 4.12. The largest absolute Gasteiger partial charge is 0.444 e. The molecule has 1 unspecified atom stereocenters. The second-order valence-electron chi connectivity index (χ2n) is 7.87. The van der Waals surface area contributed by atoms with Gasteiger partial charge in [-0.3, -0.25) is 0 Å². The van der Waals surface area contributed by atoms with Gasteiger partial charge in [0.05, 0.1) is 0 Å². The van der Waals surface area contributed by atoms with E-state index in [1.807, 2.05) is 45.0 Å². The van der Waals surface area contributed by atoms with Crippen molar-refractivity contribution in [2.75, 3.05) is 26.9 Å². The Balaban J connectivity index is 2.79. The van der Waals surface area contributed by atoms with Crippen molar-refractivity contribution in [3.8, 4) is 0 Å². The van der Waals surface area contributed by atoms with Crippen LogP contribution in [0.15, 0.2) is 24.3 Å². The Kier molecular flexibility index (Phi) is 9.66. The number of aliphatic hydroxyl groups is 1. The van der Waals surface area contributed by atoms with Crippen LogP contribution in [0.2, 0.25) is 0 Å². The third-order valence-electron chi connectivity index (χ3n) is 4.12. The number of amides is 1. The Morgan fingerprint density at radius 2 is 1.92 bits per heavy atom. The molecule has 26 heavy (non-hydrogen) atoms. The van der Waals surface area contributed by atoms with E-state index in [9.17, 15) is 4.79 Å². The fourth-order valence-corrected chi connectivity index (χ4v) is 2.63. The summed E-state index contributed by atoms with van der Waals surface area (Å²) in [5.41, 5.74) is 1.60. The molecule has 5 nitrogen and oxygen atoms in total. The summed E-state index contributed by atoms with van der Waals surface area (Å²) in [6, 6.07) is 8.01. The van der Waals surface area contributed by atoms with Gasteiger partial charge in [0, 0.05) is 33.4 Å². The van der Waals surface area contributed by atoms with Gasteiger partial charge in [-0.05, 0) is 57.1 Å². The van der Waals surface area contributed by atoms with E-state index in [2.05, 4.69) is 6.92 Å². The lowest BCUT2D eigenvalue weighted by Crippen LogP contribution is -2.37. The minimum Gasteiger partial charge on any atom is -0.444 e. The van der Waals surface area contributed by atoms with Crippen LogP contribution in [0.5, 0.6) is 0 Å². The molecule has 1 atom stereocenters. The topological polar surface area (TPSA) is 59.0 Å². The highest BCUT2D eigenvalue weighted by atomic mass is 16.6. The number of methoxy groups -OCH3 is 1. The van der Waals surface area contributed by atoms with Crippen molar-refractivity contribution in [1.82, 2.24) is 4.90 Å². The van der Waals surface area contributed by atoms with Crippen molar-refractivity contribution in [2.24, 2.45) is 5.92 Å². The van der Waals surface area contributed by atoms with E-state index in [4.69, 9.17) is 14.6 Å². The van der Waals surface area contributed by atoms with Gasteiger partial charge in [-0.2, -0.15) is 0 Å². The summed E-state index contributed by atoms with van der Waals surface area (Å²) >= 11 is 0. The molecule has 1 aromatic carbocycles. The highest BCUT2D eigenvalue weighted by Gasteiger charge is 2.22. The normalized spacial score (nSPS) is 12.7. The van der Waals surface area contributed by atoms with Gasteiger partial charge in [-0.15, -0.1) is 0 Å². The van der Waals surface area contributed by atoms with Crippen LogP contribution < -0.4 is 0 Å². The quantitative estimate of drug-likeness (QED) is 0.680. The maximum absolute atomic E-state index is 12.6. The molecule has 1 N–H and O–H groups in total. The van der Waals surface area contributed by atoms with E-state index in [0.717, 1.165) is 30.6 Å². The molecule has 148 valence electrons. The molecule has 0 bridgehead atoms. The van der Waals surface area contributed by atoms with Crippen LogP contribution in [-0.2, 0) is 22.4 Å². The average molecular weight is 366 g/mol. The minimum absolute atomic E-state index is 0.121. The Bertz CT molecular complexity index is 539. The van der Waals surface area contributed by atoms with Crippen LogP contribution in [0.3, 0.4) is 0 Å². The number of nitrogens with zero attached hydrogens (tertiary/aromatic N) is 1. The molecule has 0 aliphatic rings. The van der Waals surface area contributed by atoms with Gasteiger partial charge >= 0.3 is 6.09 Å². The molecule has 0 saturated carbocycles. The van der Waals surface area contributed by atoms with Gasteiger partial charge in [0.1, 0.15) is 5.60 Å². The fourth-order valence-electron chi connectivity index (χ4n) is 2.63. The number of hydrogen-bond donors (Lipinski definition) is 1. The Hall–Kier alpha value is -1.59. The Morgan fingerprint density at radius 3 is 2.54 bits per heavy atom. The van der Waals surface area contributed by atoms with Crippen molar-refractivity contribution in [3.05, 3.63) is 35.4 Å². The molecule has 0 spiro atoms. The lowest BCUT2D eigenvalue weighted by Gasteiger charge is -2.28. The third kappa shape index (κ3) is 9.20.